The van der Waals surface area contributed by atoms with E-state index >= 15 is 0 Å². The average molecular weight is 290 g/mol. The van der Waals surface area contributed by atoms with Gasteiger partial charge in [-0.25, -0.2) is 0 Å². The highest BCUT2D eigenvalue weighted by molar-refractivity contribution is 7.99. The molecule has 0 amide bonds. The fraction of sp³-hybridized carbons (Fsp3) is 0.769. The smallest absolute Gasteiger partial charge is 0.0834 e. The summed E-state index contributed by atoms with van der Waals surface area (Å²) >= 11 is 8.25. The molecule has 2 atom stereocenters. The van der Waals surface area contributed by atoms with E-state index in [0.29, 0.717) is 11.3 Å². The summed E-state index contributed by atoms with van der Waals surface area (Å²) in [5, 5.41) is 9.15. The maximum atomic E-state index is 6.28. The Bertz CT molecular complexity index is 365. The standard InChI is InChI=1S/C13H24ClN3S/c1-6-10(4)18-8-12(15-5)13-11(14)7-16-17(13)9(2)3/h7,9-10,12,15H,6,8H2,1-5H3. The number of nitrogens with zero attached hydrogens (tertiary/aromatic N) is 2. The third kappa shape index (κ3) is 3.90. The molecule has 0 spiro atoms. The molecule has 0 radical (unpaired) electrons. The summed E-state index contributed by atoms with van der Waals surface area (Å²) in [6.45, 7) is 8.73. The van der Waals surface area contributed by atoms with Gasteiger partial charge in [-0.2, -0.15) is 16.9 Å². The molecule has 0 bridgehead atoms. The van der Waals surface area contributed by atoms with Crippen LogP contribution in [0.3, 0.4) is 0 Å². The number of thioether (sulfide) groups is 1. The Kier molecular flexibility index (Phi) is 6.53. The minimum atomic E-state index is 0.251. The van der Waals surface area contributed by atoms with Crippen LogP contribution in [-0.4, -0.2) is 27.8 Å². The number of hydrogen-bond donors (Lipinski definition) is 1. The molecule has 1 aromatic rings. The van der Waals surface area contributed by atoms with Crippen LogP contribution < -0.4 is 5.32 Å². The summed E-state index contributed by atoms with van der Waals surface area (Å²) in [5.74, 6) is 1.02. The molecule has 0 saturated carbocycles. The van der Waals surface area contributed by atoms with Crippen LogP contribution in [0.2, 0.25) is 5.02 Å². The molecule has 0 fully saturated rings. The monoisotopic (exact) mass is 289 g/mol. The third-order valence-corrected chi connectivity index (χ3v) is 4.80. The molecule has 104 valence electrons. The first-order valence-corrected chi connectivity index (χ1v) is 7.95. The van der Waals surface area contributed by atoms with Crippen LogP contribution in [0.25, 0.3) is 0 Å². The molecule has 0 aliphatic rings. The third-order valence-electron chi connectivity index (χ3n) is 3.08. The van der Waals surface area contributed by atoms with Crippen molar-refractivity contribution in [3.63, 3.8) is 0 Å². The quantitative estimate of drug-likeness (QED) is 0.825. The molecule has 0 saturated heterocycles. The van der Waals surface area contributed by atoms with E-state index in [1.54, 1.807) is 6.20 Å². The highest BCUT2D eigenvalue weighted by atomic mass is 35.5. The Morgan fingerprint density at radius 3 is 2.61 bits per heavy atom. The molecule has 1 N–H and O–H groups in total. The lowest BCUT2D eigenvalue weighted by Gasteiger charge is -2.21. The zero-order valence-electron chi connectivity index (χ0n) is 11.9. The average Bonchev–Trinajstić information content (AvgIpc) is 2.72. The lowest BCUT2D eigenvalue weighted by molar-refractivity contribution is 0.477. The summed E-state index contributed by atoms with van der Waals surface area (Å²) in [7, 11) is 1.98. The number of nitrogens with one attached hydrogen (secondary N) is 1. The molecule has 1 rings (SSSR count). The van der Waals surface area contributed by atoms with Crippen molar-refractivity contribution in [1.82, 2.24) is 15.1 Å². The van der Waals surface area contributed by atoms with Gasteiger partial charge < -0.3 is 5.32 Å². The normalized spacial score (nSPS) is 15.1. The predicted octanol–water partition coefficient (Wildman–Crippen LogP) is 3.91. The highest BCUT2D eigenvalue weighted by Gasteiger charge is 2.21. The number of hydrogen-bond acceptors (Lipinski definition) is 3. The summed E-state index contributed by atoms with van der Waals surface area (Å²) in [6, 6.07) is 0.582. The van der Waals surface area contributed by atoms with Crippen molar-refractivity contribution < 1.29 is 0 Å². The Morgan fingerprint density at radius 2 is 2.11 bits per heavy atom. The van der Waals surface area contributed by atoms with Gasteiger partial charge in [0.15, 0.2) is 0 Å². The molecule has 3 nitrogen and oxygen atoms in total. The lowest BCUT2D eigenvalue weighted by atomic mass is 10.2. The maximum Gasteiger partial charge on any atom is 0.0834 e. The number of aromatic nitrogens is 2. The van der Waals surface area contributed by atoms with Gasteiger partial charge >= 0.3 is 0 Å². The van der Waals surface area contributed by atoms with Crippen molar-refractivity contribution in [3.05, 3.63) is 16.9 Å². The maximum absolute atomic E-state index is 6.28. The largest absolute Gasteiger partial charge is 0.311 e. The topological polar surface area (TPSA) is 29.9 Å². The first-order valence-electron chi connectivity index (χ1n) is 6.53. The molecular formula is C13H24ClN3S. The second kappa shape index (κ2) is 7.41. The van der Waals surface area contributed by atoms with Gasteiger partial charge in [0, 0.05) is 17.0 Å². The molecule has 5 heteroatoms. The van der Waals surface area contributed by atoms with Crippen molar-refractivity contribution in [2.24, 2.45) is 0 Å². The van der Waals surface area contributed by atoms with Crippen LogP contribution in [0, 0.1) is 0 Å². The van der Waals surface area contributed by atoms with E-state index < -0.39 is 0 Å². The molecule has 0 aromatic carbocycles. The van der Waals surface area contributed by atoms with E-state index in [4.69, 9.17) is 11.6 Å². The van der Waals surface area contributed by atoms with E-state index in [-0.39, 0.29) is 6.04 Å². The molecule has 1 heterocycles. The van der Waals surface area contributed by atoms with E-state index in [0.717, 1.165) is 16.5 Å². The molecular weight excluding hydrogens is 266 g/mol. The first kappa shape index (κ1) is 15.9. The van der Waals surface area contributed by atoms with Crippen molar-refractivity contribution in [2.75, 3.05) is 12.8 Å². The van der Waals surface area contributed by atoms with Gasteiger partial charge in [0.2, 0.25) is 0 Å². The summed E-state index contributed by atoms with van der Waals surface area (Å²) in [6.07, 6.45) is 2.94. The van der Waals surface area contributed by atoms with Gasteiger partial charge in [0.05, 0.1) is 23.0 Å². The first-order chi connectivity index (χ1) is 8.51. The van der Waals surface area contributed by atoms with E-state index in [1.807, 2.05) is 23.5 Å². The Morgan fingerprint density at radius 1 is 1.44 bits per heavy atom. The zero-order chi connectivity index (χ0) is 13.7. The molecule has 0 aliphatic heterocycles. The van der Waals surface area contributed by atoms with Crippen molar-refractivity contribution >= 4 is 23.4 Å². The van der Waals surface area contributed by atoms with Crippen molar-refractivity contribution in [1.29, 1.82) is 0 Å². The van der Waals surface area contributed by atoms with Gasteiger partial charge in [0.25, 0.3) is 0 Å². The van der Waals surface area contributed by atoms with Crippen LogP contribution in [0.15, 0.2) is 6.20 Å². The SMILES string of the molecule is CCC(C)SCC(NC)c1c(Cl)cnn1C(C)C. The molecule has 18 heavy (non-hydrogen) atoms. The van der Waals surface area contributed by atoms with E-state index in [9.17, 15) is 0 Å². The minimum absolute atomic E-state index is 0.251. The van der Waals surface area contributed by atoms with Crippen LogP contribution in [-0.2, 0) is 0 Å². The van der Waals surface area contributed by atoms with Crippen LogP contribution in [0.4, 0.5) is 0 Å². The fourth-order valence-corrected chi connectivity index (χ4v) is 3.11. The van der Waals surface area contributed by atoms with E-state index in [2.05, 4.69) is 38.1 Å². The Balaban J connectivity index is 2.84. The second-order valence-electron chi connectivity index (χ2n) is 4.81. The predicted molar refractivity (Wildman–Crippen MR) is 81.6 cm³/mol. The minimum Gasteiger partial charge on any atom is -0.311 e. The molecule has 2 unspecified atom stereocenters. The molecule has 0 aliphatic carbocycles. The number of halogens is 1. The zero-order valence-corrected chi connectivity index (χ0v) is 13.5. The summed E-state index contributed by atoms with van der Waals surface area (Å²) < 4.78 is 2.01. The second-order valence-corrected chi connectivity index (χ2v) is 6.69. The van der Waals surface area contributed by atoms with E-state index in [1.165, 1.54) is 6.42 Å². The summed E-state index contributed by atoms with van der Waals surface area (Å²) in [5.41, 5.74) is 1.10. The Hall–Kier alpha value is -0.190. The van der Waals surface area contributed by atoms with Gasteiger partial charge in [-0.15, -0.1) is 0 Å². The van der Waals surface area contributed by atoms with Crippen LogP contribution in [0.5, 0.6) is 0 Å². The lowest BCUT2D eigenvalue weighted by Crippen LogP contribution is -2.24. The van der Waals surface area contributed by atoms with Gasteiger partial charge in [-0.05, 0) is 27.3 Å². The molecule has 1 aromatic heterocycles. The number of rotatable bonds is 7. The van der Waals surface area contributed by atoms with Crippen molar-refractivity contribution in [3.8, 4) is 0 Å². The van der Waals surface area contributed by atoms with Crippen LogP contribution in [0.1, 0.15) is 51.9 Å². The van der Waals surface area contributed by atoms with Crippen LogP contribution >= 0.6 is 23.4 Å². The van der Waals surface area contributed by atoms with Gasteiger partial charge in [-0.1, -0.05) is 25.4 Å². The highest BCUT2D eigenvalue weighted by Crippen LogP contribution is 2.29. The fourth-order valence-electron chi connectivity index (χ4n) is 1.77. The van der Waals surface area contributed by atoms with Crippen molar-refractivity contribution in [2.45, 2.75) is 51.4 Å². The van der Waals surface area contributed by atoms with Gasteiger partial charge in [-0.3, -0.25) is 4.68 Å². The summed E-state index contributed by atoms with van der Waals surface area (Å²) in [4.78, 5) is 0. The Labute approximate surface area is 120 Å². The van der Waals surface area contributed by atoms with Gasteiger partial charge in [0.1, 0.15) is 0 Å².